The number of aliphatic imine (C=N–C) groups is 1. The summed E-state index contributed by atoms with van der Waals surface area (Å²) in [5, 5.41) is 0. The van der Waals surface area contributed by atoms with Gasteiger partial charge in [0.1, 0.15) is 12.5 Å². The number of ketones is 1. The van der Waals surface area contributed by atoms with Crippen molar-refractivity contribution in [2.24, 2.45) is 10.9 Å². The van der Waals surface area contributed by atoms with Gasteiger partial charge in [-0.2, -0.15) is 0 Å². The van der Waals surface area contributed by atoms with Gasteiger partial charge < -0.3 is 4.74 Å². The van der Waals surface area contributed by atoms with Gasteiger partial charge in [0, 0.05) is 41.7 Å². The first-order valence-electron chi connectivity index (χ1n) is 11.6. The number of allylic oxidation sites excluding steroid dienone is 2. The van der Waals surface area contributed by atoms with Gasteiger partial charge in [-0.1, -0.05) is 60.7 Å². The van der Waals surface area contributed by atoms with Crippen molar-refractivity contribution >= 4 is 17.5 Å². The molecule has 0 amide bonds. The summed E-state index contributed by atoms with van der Waals surface area (Å²) in [5.74, 6) is -1.31. The number of benzene rings is 2. The molecule has 0 saturated heterocycles. The standard InChI is InChI=1S/C29H26N2O3/c1-19-26(29(33)34-18-20-8-4-2-5-9-20)27(22-12-14-30-15-13-22)28-24(31-19)16-23(17-25(28)32)21-10-6-3-7-11-21/h2-15,23,26-27H,16-18H2,1H3/t23-,26?,27-/m1/s1. The van der Waals surface area contributed by atoms with Crippen LogP contribution in [0.3, 0.4) is 0 Å². The fraction of sp³-hybridized carbons (Fsp3) is 0.241. The number of pyridine rings is 1. The van der Waals surface area contributed by atoms with E-state index in [9.17, 15) is 9.59 Å². The van der Waals surface area contributed by atoms with Crippen molar-refractivity contribution in [3.8, 4) is 0 Å². The molecule has 1 aliphatic carbocycles. The highest BCUT2D eigenvalue weighted by molar-refractivity contribution is 6.09. The van der Waals surface area contributed by atoms with E-state index in [-0.39, 0.29) is 24.3 Å². The van der Waals surface area contributed by atoms with E-state index in [1.807, 2.05) is 67.6 Å². The molecule has 3 atom stereocenters. The fourth-order valence-corrected chi connectivity index (χ4v) is 5.08. The number of aromatic nitrogens is 1. The molecule has 1 aliphatic heterocycles. The minimum atomic E-state index is -0.651. The molecule has 0 fully saturated rings. The molecule has 0 saturated carbocycles. The topological polar surface area (TPSA) is 68.6 Å². The maximum atomic E-state index is 13.6. The second kappa shape index (κ2) is 9.56. The highest BCUT2D eigenvalue weighted by Crippen LogP contribution is 2.46. The van der Waals surface area contributed by atoms with Gasteiger partial charge in [0.05, 0.1) is 0 Å². The minimum absolute atomic E-state index is 0.0500. The molecule has 2 heterocycles. The summed E-state index contributed by atoms with van der Waals surface area (Å²) in [6.45, 7) is 2.05. The Balaban J connectivity index is 1.49. The molecule has 34 heavy (non-hydrogen) atoms. The van der Waals surface area contributed by atoms with E-state index in [2.05, 4.69) is 17.1 Å². The quantitative estimate of drug-likeness (QED) is 0.488. The van der Waals surface area contributed by atoms with Crippen molar-refractivity contribution in [3.05, 3.63) is 113 Å². The molecule has 3 aromatic rings. The molecular formula is C29H26N2O3. The van der Waals surface area contributed by atoms with Gasteiger partial charge in [0.25, 0.3) is 0 Å². The van der Waals surface area contributed by atoms with Crippen LogP contribution in [0.4, 0.5) is 0 Å². The molecule has 5 heteroatoms. The average Bonchev–Trinajstić information content (AvgIpc) is 2.88. The summed E-state index contributed by atoms with van der Waals surface area (Å²) in [4.78, 5) is 35.9. The van der Waals surface area contributed by atoms with Gasteiger partial charge >= 0.3 is 5.97 Å². The van der Waals surface area contributed by atoms with Crippen molar-refractivity contribution in [1.29, 1.82) is 0 Å². The average molecular weight is 451 g/mol. The van der Waals surface area contributed by atoms with Gasteiger partial charge in [-0.3, -0.25) is 19.6 Å². The second-order valence-corrected chi connectivity index (χ2v) is 8.88. The minimum Gasteiger partial charge on any atom is -0.460 e. The monoisotopic (exact) mass is 450 g/mol. The number of carbonyl (C=O) groups is 2. The largest absolute Gasteiger partial charge is 0.460 e. The van der Waals surface area contributed by atoms with Crippen molar-refractivity contribution in [2.75, 3.05) is 0 Å². The van der Waals surface area contributed by atoms with Crippen LogP contribution in [0.2, 0.25) is 0 Å². The summed E-state index contributed by atoms with van der Waals surface area (Å²) >= 11 is 0. The Morgan fingerprint density at radius 1 is 0.912 bits per heavy atom. The third-order valence-electron chi connectivity index (χ3n) is 6.70. The molecule has 5 nitrogen and oxygen atoms in total. The van der Waals surface area contributed by atoms with Crippen LogP contribution in [0.15, 0.2) is 101 Å². The van der Waals surface area contributed by atoms with Crippen LogP contribution in [0.1, 0.15) is 48.3 Å². The summed E-state index contributed by atoms with van der Waals surface area (Å²) in [7, 11) is 0. The smallest absolute Gasteiger partial charge is 0.315 e. The lowest BCUT2D eigenvalue weighted by Gasteiger charge is -2.36. The number of Topliss-reactive ketones (excluding diaryl/α,β-unsaturated/α-hetero) is 1. The molecule has 2 aliphatic rings. The zero-order valence-corrected chi connectivity index (χ0v) is 19.1. The SMILES string of the molecule is CC1=NC2=C(C(=O)C[C@H](c3ccccc3)C2)[C@H](c2ccncc2)C1C(=O)OCc1ccccc1. The summed E-state index contributed by atoms with van der Waals surface area (Å²) < 4.78 is 5.73. The van der Waals surface area contributed by atoms with Crippen LogP contribution in [-0.4, -0.2) is 22.4 Å². The first-order chi connectivity index (χ1) is 16.6. The van der Waals surface area contributed by atoms with E-state index in [0.717, 1.165) is 22.4 Å². The first kappa shape index (κ1) is 22.0. The van der Waals surface area contributed by atoms with Gasteiger partial charge in [-0.05, 0) is 48.1 Å². The van der Waals surface area contributed by atoms with Crippen molar-refractivity contribution in [3.63, 3.8) is 0 Å². The molecule has 2 aromatic carbocycles. The number of carbonyl (C=O) groups excluding carboxylic acids is 2. The molecule has 1 unspecified atom stereocenters. The lowest BCUT2D eigenvalue weighted by atomic mass is 9.69. The Bertz CT molecular complexity index is 1250. The van der Waals surface area contributed by atoms with Crippen molar-refractivity contribution in [2.45, 2.75) is 38.2 Å². The highest BCUT2D eigenvalue weighted by atomic mass is 16.5. The van der Waals surface area contributed by atoms with E-state index in [0.29, 0.717) is 24.1 Å². The summed E-state index contributed by atoms with van der Waals surface area (Å²) in [5.41, 5.74) is 5.05. The van der Waals surface area contributed by atoms with E-state index < -0.39 is 11.8 Å². The summed E-state index contributed by atoms with van der Waals surface area (Å²) in [6.07, 6.45) is 4.48. The Morgan fingerprint density at radius 2 is 1.59 bits per heavy atom. The number of nitrogens with zero attached hydrogens (tertiary/aromatic N) is 2. The first-order valence-corrected chi connectivity index (χ1v) is 11.6. The number of hydrogen-bond donors (Lipinski definition) is 0. The van der Waals surface area contributed by atoms with Crippen LogP contribution in [0, 0.1) is 5.92 Å². The predicted octanol–water partition coefficient (Wildman–Crippen LogP) is 5.40. The van der Waals surface area contributed by atoms with E-state index in [1.54, 1.807) is 12.4 Å². The van der Waals surface area contributed by atoms with Crippen molar-refractivity contribution < 1.29 is 14.3 Å². The third-order valence-corrected chi connectivity index (χ3v) is 6.70. The molecular weight excluding hydrogens is 424 g/mol. The van der Waals surface area contributed by atoms with Crippen LogP contribution < -0.4 is 0 Å². The molecule has 0 bridgehead atoms. The van der Waals surface area contributed by atoms with E-state index in [4.69, 9.17) is 9.73 Å². The lowest BCUT2D eigenvalue weighted by Crippen LogP contribution is -2.38. The van der Waals surface area contributed by atoms with E-state index in [1.165, 1.54) is 0 Å². The van der Waals surface area contributed by atoms with Gasteiger partial charge in [0.2, 0.25) is 0 Å². The number of hydrogen-bond acceptors (Lipinski definition) is 5. The summed E-state index contributed by atoms with van der Waals surface area (Å²) in [6, 6.07) is 23.4. The van der Waals surface area contributed by atoms with Gasteiger partial charge in [0.15, 0.2) is 5.78 Å². The Morgan fingerprint density at radius 3 is 2.29 bits per heavy atom. The van der Waals surface area contributed by atoms with Crippen LogP contribution >= 0.6 is 0 Å². The third kappa shape index (κ3) is 4.34. The normalized spacial score (nSPS) is 22.1. The zero-order valence-electron chi connectivity index (χ0n) is 19.1. The molecule has 0 radical (unpaired) electrons. The Hall–Kier alpha value is -3.86. The molecule has 5 rings (SSSR count). The van der Waals surface area contributed by atoms with Gasteiger partial charge in [-0.15, -0.1) is 0 Å². The number of ether oxygens (including phenoxy) is 1. The Labute approximate surface area is 199 Å². The van der Waals surface area contributed by atoms with Crippen LogP contribution in [0.5, 0.6) is 0 Å². The zero-order chi connectivity index (χ0) is 23.5. The number of esters is 1. The van der Waals surface area contributed by atoms with Crippen LogP contribution in [0.25, 0.3) is 0 Å². The lowest BCUT2D eigenvalue weighted by molar-refractivity contribution is -0.148. The molecule has 1 aromatic heterocycles. The van der Waals surface area contributed by atoms with Crippen LogP contribution in [-0.2, 0) is 20.9 Å². The van der Waals surface area contributed by atoms with Crippen molar-refractivity contribution in [1.82, 2.24) is 4.98 Å². The maximum Gasteiger partial charge on any atom is 0.315 e. The Kier molecular flexibility index (Phi) is 6.17. The van der Waals surface area contributed by atoms with Gasteiger partial charge in [-0.25, -0.2) is 0 Å². The fourth-order valence-electron chi connectivity index (χ4n) is 5.08. The highest BCUT2D eigenvalue weighted by Gasteiger charge is 2.44. The maximum absolute atomic E-state index is 13.6. The number of rotatable bonds is 5. The predicted molar refractivity (Wildman–Crippen MR) is 130 cm³/mol. The van der Waals surface area contributed by atoms with E-state index >= 15 is 0 Å². The molecule has 170 valence electrons. The molecule has 0 spiro atoms. The molecule has 0 N–H and O–H groups in total. The second-order valence-electron chi connectivity index (χ2n) is 8.88.